The lowest BCUT2D eigenvalue weighted by Crippen LogP contribution is -2.56. The normalized spacial score (nSPS) is 54.1. The molecular weight excluding hydrogens is 396 g/mol. The first-order valence-electron chi connectivity index (χ1n) is 13.9. The van der Waals surface area contributed by atoms with Crippen molar-refractivity contribution in [1.29, 1.82) is 0 Å². The van der Waals surface area contributed by atoms with Crippen molar-refractivity contribution in [3.05, 3.63) is 0 Å². The lowest BCUT2D eigenvalue weighted by Gasteiger charge is -2.62. The van der Waals surface area contributed by atoms with Crippen molar-refractivity contribution in [3.8, 4) is 0 Å². The molecular formula is C29H50O3. The zero-order valence-corrected chi connectivity index (χ0v) is 21.7. The van der Waals surface area contributed by atoms with E-state index in [2.05, 4.69) is 27.7 Å². The van der Waals surface area contributed by atoms with Gasteiger partial charge in [0.15, 0.2) is 0 Å². The third-order valence-corrected chi connectivity index (χ3v) is 13.1. The van der Waals surface area contributed by atoms with Crippen molar-refractivity contribution in [2.24, 2.45) is 51.2 Å². The summed E-state index contributed by atoms with van der Waals surface area (Å²) in [4.78, 5) is 0. The highest BCUT2D eigenvalue weighted by Crippen LogP contribution is 2.88. The van der Waals surface area contributed by atoms with Crippen LogP contribution in [0, 0.1) is 51.2 Å². The lowest BCUT2D eigenvalue weighted by atomic mass is 9.43. The molecule has 5 fully saturated rings. The van der Waals surface area contributed by atoms with Gasteiger partial charge in [0.2, 0.25) is 0 Å². The fourth-order valence-electron chi connectivity index (χ4n) is 10.9. The molecule has 5 rings (SSSR count). The standard InChI is InChI=1S/C29H50O3/c1-18(7-10-24(31)25(3,4)32)20-11-13-27(6)23-9-8-21-19(2)22(30)12-14-28(21)17-29(23,28)16-15-26(20,27)5/h18-24,30-32H,7-17H2,1-6H3. The van der Waals surface area contributed by atoms with Crippen molar-refractivity contribution >= 4 is 0 Å². The summed E-state index contributed by atoms with van der Waals surface area (Å²) in [6.07, 6.45) is 13.0. The Morgan fingerprint density at radius 2 is 1.62 bits per heavy atom. The molecule has 0 aromatic heterocycles. The van der Waals surface area contributed by atoms with Crippen LogP contribution in [0.5, 0.6) is 0 Å². The molecule has 0 saturated heterocycles. The Hall–Kier alpha value is -0.120. The topological polar surface area (TPSA) is 60.7 Å². The third-order valence-electron chi connectivity index (χ3n) is 13.1. The van der Waals surface area contributed by atoms with Crippen LogP contribution in [0.4, 0.5) is 0 Å². The predicted octanol–water partition coefficient (Wildman–Crippen LogP) is 5.94. The van der Waals surface area contributed by atoms with Gasteiger partial charge in [-0.2, -0.15) is 0 Å². The average molecular weight is 447 g/mol. The number of rotatable bonds is 5. The smallest absolute Gasteiger partial charge is 0.0849 e. The third kappa shape index (κ3) is 2.89. The molecule has 3 heteroatoms. The molecule has 0 heterocycles. The summed E-state index contributed by atoms with van der Waals surface area (Å²) in [5.41, 5.74) is 0.965. The van der Waals surface area contributed by atoms with Gasteiger partial charge in [-0.1, -0.05) is 27.7 Å². The van der Waals surface area contributed by atoms with Gasteiger partial charge in [-0.3, -0.25) is 0 Å². The number of aliphatic hydroxyl groups is 3. The van der Waals surface area contributed by atoms with Crippen molar-refractivity contribution in [2.75, 3.05) is 0 Å². The quantitative estimate of drug-likeness (QED) is 0.489. The molecule has 5 saturated carbocycles. The maximum absolute atomic E-state index is 10.6. The molecule has 11 atom stereocenters. The van der Waals surface area contributed by atoms with Crippen molar-refractivity contribution in [3.63, 3.8) is 0 Å². The summed E-state index contributed by atoms with van der Waals surface area (Å²) >= 11 is 0. The number of fused-ring (bicyclic) bond motifs is 2. The first-order valence-corrected chi connectivity index (χ1v) is 13.9. The van der Waals surface area contributed by atoms with E-state index in [0.29, 0.717) is 39.9 Å². The highest BCUT2D eigenvalue weighted by Gasteiger charge is 2.81. The van der Waals surface area contributed by atoms with E-state index in [4.69, 9.17) is 0 Å². The first kappa shape index (κ1) is 23.6. The van der Waals surface area contributed by atoms with E-state index < -0.39 is 11.7 Å². The Kier molecular flexibility index (Phi) is 5.31. The zero-order chi connectivity index (χ0) is 23.3. The summed E-state index contributed by atoms with van der Waals surface area (Å²) < 4.78 is 0. The van der Waals surface area contributed by atoms with Crippen molar-refractivity contribution in [2.45, 2.75) is 130 Å². The molecule has 184 valence electrons. The van der Waals surface area contributed by atoms with Crippen LogP contribution in [-0.2, 0) is 0 Å². The fraction of sp³-hybridized carbons (Fsp3) is 1.00. The monoisotopic (exact) mass is 446 g/mol. The van der Waals surface area contributed by atoms with E-state index in [-0.39, 0.29) is 6.10 Å². The summed E-state index contributed by atoms with van der Waals surface area (Å²) in [6, 6.07) is 0. The molecule has 2 spiro atoms. The molecule has 0 aliphatic heterocycles. The van der Waals surface area contributed by atoms with Crippen LogP contribution in [0.2, 0.25) is 0 Å². The second-order valence-corrected chi connectivity index (χ2v) is 14.4. The largest absolute Gasteiger partial charge is 0.393 e. The van der Waals surface area contributed by atoms with E-state index in [1.54, 1.807) is 13.8 Å². The van der Waals surface area contributed by atoms with E-state index in [9.17, 15) is 15.3 Å². The van der Waals surface area contributed by atoms with E-state index in [0.717, 1.165) is 30.6 Å². The highest BCUT2D eigenvalue weighted by atomic mass is 16.3. The Balaban J connectivity index is 1.35. The molecule has 3 N–H and O–H groups in total. The maximum Gasteiger partial charge on any atom is 0.0849 e. The van der Waals surface area contributed by atoms with E-state index in [1.165, 1.54) is 51.4 Å². The molecule has 0 aromatic carbocycles. The van der Waals surface area contributed by atoms with Gasteiger partial charge in [0, 0.05) is 0 Å². The summed E-state index contributed by atoms with van der Waals surface area (Å²) in [5.74, 6) is 3.45. The number of aliphatic hydroxyl groups excluding tert-OH is 2. The number of hydrogen-bond donors (Lipinski definition) is 3. The van der Waals surface area contributed by atoms with Gasteiger partial charge in [-0.15, -0.1) is 0 Å². The molecule has 3 nitrogen and oxygen atoms in total. The molecule has 0 radical (unpaired) electrons. The highest BCUT2D eigenvalue weighted by molar-refractivity contribution is 5.29. The number of hydrogen-bond acceptors (Lipinski definition) is 3. The van der Waals surface area contributed by atoms with Gasteiger partial charge in [-0.25, -0.2) is 0 Å². The van der Waals surface area contributed by atoms with Crippen LogP contribution in [0.3, 0.4) is 0 Å². The summed E-state index contributed by atoms with van der Waals surface area (Å²) in [5, 5.41) is 31.2. The minimum absolute atomic E-state index is 0.0692. The zero-order valence-electron chi connectivity index (χ0n) is 21.7. The molecule has 32 heavy (non-hydrogen) atoms. The average Bonchev–Trinajstić information content (AvgIpc) is 3.31. The Morgan fingerprint density at radius 3 is 2.31 bits per heavy atom. The van der Waals surface area contributed by atoms with Crippen LogP contribution in [0.15, 0.2) is 0 Å². The summed E-state index contributed by atoms with van der Waals surface area (Å²) in [6.45, 7) is 13.5. The molecule has 5 aliphatic rings. The van der Waals surface area contributed by atoms with Crippen LogP contribution in [-0.4, -0.2) is 33.1 Å². The Labute approximate surface area is 196 Å². The van der Waals surface area contributed by atoms with Crippen LogP contribution < -0.4 is 0 Å². The molecule has 0 amide bonds. The SMILES string of the molecule is CC(CCC(O)C(C)(C)O)C1CCC2(C)C3CCC4C(C)C(O)CCC45CC35CCC12C. The molecule has 5 aliphatic carbocycles. The second kappa shape index (κ2) is 7.20. The van der Waals surface area contributed by atoms with E-state index >= 15 is 0 Å². The predicted molar refractivity (Wildman–Crippen MR) is 129 cm³/mol. The van der Waals surface area contributed by atoms with Crippen molar-refractivity contribution < 1.29 is 15.3 Å². The van der Waals surface area contributed by atoms with Crippen LogP contribution in [0.25, 0.3) is 0 Å². The van der Waals surface area contributed by atoms with Crippen molar-refractivity contribution in [1.82, 2.24) is 0 Å². The molecule has 0 bridgehead atoms. The molecule has 0 aromatic rings. The Morgan fingerprint density at radius 1 is 0.906 bits per heavy atom. The van der Waals surface area contributed by atoms with Gasteiger partial charge < -0.3 is 15.3 Å². The van der Waals surface area contributed by atoms with E-state index in [1.807, 2.05) is 0 Å². The lowest BCUT2D eigenvalue weighted by molar-refractivity contribution is -0.143. The van der Waals surface area contributed by atoms with Gasteiger partial charge >= 0.3 is 0 Å². The van der Waals surface area contributed by atoms with Gasteiger partial charge in [0.25, 0.3) is 0 Å². The second-order valence-electron chi connectivity index (χ2n) is 14.4. The van der Waals surface area contributed by atoms with Gasteiger partial charge in [0.1, 0.15) is 0 Å². The summed E-state index contributed by atoms with van der Waals surface area (Å²) in [7, 11) is 0. The fourth-order valence-corrected chi connectivity index (χ4v) is 10.9. The minimum atomic E-state index is -1.01. The Bertz CT molecular complexity index is 743. The van der Waals surface area contributed by atoms with Gasteiger partial charge in [-0.05, 0) is 136 Å². The molecule has 11 unspecified atom stereocenters. The van der Waals surface area contributed by atoms with Crippen LogP contribution >= 0.6 is 0 Å². The maximum atomic E-state index is 10.6. The van der Waals surface area contributed by atoms with Gasteiger partial charge in [0.05, 0.1) is 17.8 Å². The van der Waals surface area contributed by atoms with Crippen LogP contribution in [0.1, 0.15) is 112 Å². The minimum Gasteiger partial charge on any atom is -0.393 e. The first-order chi connectivity index (χ1) is 14.8.